The van der Waals surface area contributed by atoms with Crippen LogP contribution in [0.5, 0.6) is 11.5 Å². The van der Waals surface area contributed by atoms with Crippen LogP contribution in [0.25, 0.3) is 0 Å². The van der Waals surface area contributed by atoms with Gasteiger partial charge < -0.3 is 14.8 Å². The number of nitrogens with zero attached hydrogens (tertiary/aromatic N) is 1. The summed E-state index contributed by atoms with van der Waals surface area (Å²) in [4.78, 5) is 12.1. The minimum absolute atomic E-state index is 0.0425. The van der Waals surface area contributed by atoms with Gasteiger partial charge in [0.1, 0.15) is 0 Å². The zero-order chi connectivity index (χ0) is 16.4. The summed E-state index contributed by atoms with van der Waals surface area (Å²) in [7, 11) is 3.15. The number of benzene rings is 2. The number of anilines is 1. The van der Waals surface area contributed by atoms with E-state index in [1.54, 1.807) is 32.4 Å². The Hall–Kier alpha value is -3.00. The van der Waals surface area contributed by atoms with Gasteiger partial charge in [0.05, 0.1) is 25.9 Å². The number of nitriles is 1. The van der Waals surface area contributed by atoms with E-state index in [1.165, 1.54) is 0 Å². The average Bonchev–Trinajstić information content (AvgIpc) is 2.59. The molecule has 0 saturated carbocycles. The van der Waals surface area contributed by atoms with Crippen molar-refractivity contribution < 1.29 is 14.3 Å². The second-order valence-electron chi connectivity index (χ2n) is 5.33. The number of hydrogen-bond acceptors (Lipinski definition) is 4. The van der Waals surface area contributed by atoms with Crippen molar-refractivity contribution in [1.29, 1.82) is 5.26 Å². The molecule has 0 aliphatic carbocycles. The number of ether oxygens (including phenoxy) is 2. The van der Waals surface area contributed by atoms with Gasteiger partial charge in [-0.1, -0.05) is 12.1 Å². The lowest BCUT2D eigenvalue weighted by molar-refractivity contribution is -0.116. The molecule has 23 heavy (non-hydrogen) atoms. The Morgan fingerprint density at radius 1 is 1.13 bits per heavy atom. The molecule has 5 nitrogen and oxygen atoms in total. The topological polar surface area (TPSA) is 71.3 Å². The van der Waals surface area contributed by atoms with Gasteiger partial charge in [-0.2, -0.15) is 5.26 Å². The predicted molar refractivity (Wildman–Crippen MR) is 85.8 cm³/mol. The maximum atomic E-state index is 12.1. The maximum Gasteiger partial charge on any atom is 0.225 e. The van der Waals surface area contributed by atoms with Gasteiger partial charge in [0, 0.05) is 24.1 Å². The SMILES string of the molecule is COc1cc2c(cc1OC)C(c1ccc(C#N)cc1)CC(=O)N2. The first-order chi connectivity index (χ1) is 11.2. The number of rotatable bonds is 3. The second-order valence-corrected chi connectivity index (χ2v) is 5.33. The van der Waals surface area contributed by atoms with E-state index in [0.29, 0.717) is 23.5 Å². The van der Waals surface area contributed by atoms with Crippen molar-refractivity contribution in [2.75, 3.05) is 19.5 Å². The first-order valence-electron chi connectivity index (χ1n) is 7.22. The Morgan fingerprint density at radius 2 is 1.78 bits per heavy atom. The van der Waals surface area contributed by atoms with Crippen LogP contribution in [0.3, 0.4) is 0 Å². The van der Waals surface area contributed by atoms with Gasteiger partial charge in [-0.3, -0.25) is 4.79 Å². The Labute approximate surface area is 134 Å². The van der Waals surface area contributed by atoms with E-state index in [4.69, 9.17) is 14.7 Å². The number of carbonyl (C=O) groups is 1. The van der Waals surface area contributed by atoms with Crippen LogP contribution in [0.1, 0.15) is 29.0 Å². The number of carbonyl (C=O) groups excluding carboxylic acids is 1. The van der Waals surface area contributed by atoms with Crippen molar-refractivity contribution >= 4 is 11.6 Å². The molecule has 1 heterocycles. The average molecular weight is 308 g/mol. The number of nitrogens with one attached hydrogen (secondary N) is 1. The molecule has 1 aliphatic heterocycles. The van der Waals surface area contributed by atoms with Gasteiger partial charge in [-0.15, -0.1) is 0 Å². The predicted octanol–water partition coefficient (Wildman–Crippen LogP) is 3.05. The van der Waals surface area contributed by atoms with Crippen molar-refractivity contribution in [3.63, 3.8) is 0 Å². The van der Waals surface area contributed by atoms with E-state index in [1.807, 2.05) is 18.2 Å². The lowest BCUT2D eigenvalue weighted by Crippen LogP contribution is -2.23. The molecular formula is C18H16N2O3. The van der Waals surface area contributed by atoms with E-state index < -0.39 is 0 Å². The number of hydrogen-bond donors (Lipinski definition) is 1. The number of methoxy groups -OCH3 is 2. The summed E-state index contributed by atoms with van der Waals surface area (Å²) in [5, 5.41) is 11.8. The molecule has 116 valence electrons. The normalized spacial score (nSPS) is 16.0. The summed E-state index contributed by atoms with van der Waals surface area (Å²) in [6.07, 6.45) is 0.356. The summed E-state index contributed by atoms with van der Waals surface area (Å²) in [5.74, 6) is 1.08. The lowest BCUT2D eigenvalue weighted by atomic mass is 9.84. The van der Waals surface area contributed by atoms with Gasteiger partial charge in [-0.25, -0.2) is 0 Å². The Kier molecular flexibility index (Phi) is 3.90. The molecule has 3 rings (SSSR count). The van der Waals surface area contributed by atoms with Gasteiger partial charge in [-0.05, 0) is 29.3 Å². The van der Waals surface area contributed by atoms with Crippen LogP contribution >= 0.6 is 0 Å². The second kappa shape index (κ2) is 6.01. The summed E-state index contributed by atoms with van der Waals surface area (Å²) in [6.45, 7) is 0. The molecule has 2 aromatic rings. The van der Waals surface area contributed by atoms with Crippen molar-refractivity contribution in [2.24, 2.45) is 0 Å². The van der Waals surface area contributed by atoms with Crippen LogP contribution < -0.4 is 14.8 Å². The van der Waals surface area contributed by atoms with Crippen molar-refractivity contribution in [3.8, 4) is 17.6 Å². The smallest absolute Gasteiger partial charge is 0.225 e. The first-order valence-corrected chi connectivity index (χ1v) is 7.22. The van der Waals surface area contributed by atoms with Gasteiger partial charge >= 0.3 is 0 Å². The molecule has 0 saturated heterocycles. The van der Waals surface area contributed by atoms with Gasteiger partial charge in [0.2, 0.25) is 5.91 Å². The summed E-state index contributed by atoms with van der Waals surface area (Å²) < 4.78 is 10.7. The molecule has 1 amide bonds. The van der Waals surface area contributed by atoms with Crippen LogP contribution in [0.4, 0.5) is 5.69 Å². The Morgan fingerprint density at radius 3 is 2.39 bits per heavy atom. The van der Waals surface area contributed by atoms with E-state index >= 15 is 0 Å². The summed E-state index contributed by atoms with van der Waals surface area (Å²) in [6, 6.07) is 13.1. The third-order valence-corrected chi connectivity index (χ3v) is 4.04. The van der Waals surface area contributed by atoms with E-state index in [-0.39, 0.29) is 11.8 Å². The van der Waals surface area contributed by atoms with Gasteiger partial charge in [0.25, 0.3) is 0 Å². The van der Waals surface area contributed by atoms with Crippen LogP contribution in [0.15, 0.2) is 36.4 Å². The molecule has 1 aliphatic rings. The zero-order valence-electron chi connectivity index (χ0n) is 12.9. The molecule has 5 heteroatoms. The largest absolute Gasteiger partial charge is 0.493 e. The number of amides is 1. The summed E-state index contributed by atoms with van der Waals surface area (Å²) in [5.41, 5.74) is 3.30. The van der Waals surface area contributed by atoms with Crippen molar-refractivity contribution in [2.45, 2.75) is 12.3 Å². The molecule has 1 atom stereocenters. The van der Waals surface area contributed by atoms with Crippen LogP contribution in [-0.2, 0) is 4.79 Å². The van der Waals surface area contributed by atoms with Crippen LogP contribution in [-0.4, -0.2) is 20.1 Å². The van der Waals surface area contributed by atoms with Gasteiger partial charge in [0.15, 0.2) is 11.5 Å². The lowest BCUT2D eigenvalue weighted by Gasteiger charge is -2.27. The van der Waals surface area contributed by atoms with E-state index in [2.05, 4.69) is 11.4 Å². The molecule has 0 spiro atoms. The fourth-order valence-electron chi connectivity index (χ4n) is 2.88. The molecule has 1 N–H and O–H groups in total. The highest BCUT2D eigenvalue weighted by atomic mass is 16.5. The minimum atomic E-state index is -0.0775. The molecule has 0 bridgehead atoms. The highest BCUT2D eigenvalue weighted by Crippen LogP contribution is 2.42. The van der Waals surface area contributed by atoms with E-state index in [0.717, 1.165) is 16.8 Å². The summed E-state index contributed by atoms with van der Waals surface area (Å²) >= 11 is 0. The molecular weight excluding hydrogens is 292 g/mol. The molecule has 0 radical (unpaired) electrons. The molecule has 1 unspecified atom stereocenters. The Bertz CT molecular complexity index is 791. The molecule has 0 aromatic heterocycles. The standard InChI is InChI=1S/C18H16N2O3/c1-22-16-7-14-13(12-5-3-11(10-19)4-6-12)8-18(21)20-15(14)9-17(16)23-2/h3-7,9,13H,8H2,1-2H3,(H,20,21). The van der Waals surface area contributed by atoms with Crippen molar-refractivity contribution in [3.05, 3.63) is 53.1 Å². The quantitative estimate of drug-likeness (QED) is 0.946. The fraction of sp³-hybridized carbons (Fsp3) is 0.222. The third kappa shape index (κ3) is 2.71. The van der Waals surface area contributed by atoms with E-state index in [9.17, 15) is 4.79 Å². The molecule has 0 fully saturated rings. The van der Waals surface area contributed by atoms with Crippen LogP contribution in [0, 0.1) is 11.3 Å². The fourth-order valence-corrected chi connectivity index (χ4v) is 2.88. The monoisotopic (exact) mass is 308 g/mol. The first kappa shape index (κ1) is 14.9. The Balaban J connectivity index is 2.10. The van der Waals surface area contributed by atoms with Crippen LogP contribution in [0.2, 0.25) is 0 Å². The molecule has 2 aromatic carbocycles. The number of fused-ring (bicyclic) bond motifs is 1. The zero-order valence-corrected chi connectivity index (χ0v) is 12.9. The maximum absolute atomic E-state index is 12.1. The highest BCUT2D eigenvalue weighted by Gasteiger charge is 2.28. The minimum Gasteiger partial charge on any atom is -0.493 e. The highest BCUT2D eigenvalue weighted by molar-refractivity contribution is 5.96. The third-order valence-electron chi connectivity index (χ3n) is 4.04. The van der Waals surface area contributed by atoms with Crippen molar-refractivity contribution in [1.82, 2.24) is 0 Å².